The number of rotatable bonds is 7. The maximum absolute atomic E-state index is 9.58. The van der Waals surface area contributed by atoms with Crippen LogP contribution >= 0.6 is 0 Å². The molecule has 0 bridgehead atoms. The van der Waals surface area contributed by atoms with E-state index in [1.807, 2.05) is 0 Å². The molecule has 0 saturated carbocycles. The lowest BCUT2D eigenvalue weighted by Crippen LogP contribution is -2.25. The molecule has 2 heterocycles. The first-order valence-electron chi connectivity index (χ1n) is 5.85. The molecular weight excluding hydrogens is 264 g/mol. The van der Waals surface area contributed by atoms with Crippen LogP contribution in [0, 0.1) is 0 Å². The van der Waals surface area contributed by atoms with Crippen LogP contribution in [0.25, 0.3) is 5.95 Å². The summed E-state index contributed by atoms with van der Waals surface area (Å²) >= 11 is 0. The standard InChI is InChI=1S/C10H16N8O2/c1-20-5-7(19)4-13-8-14-9(17-11)16-10(15-8)18-3-2-12-6-18/h2-3,6-7,19H,4-5,11H2,1H3,(H2,13,14,15,16,17). The summed E-state index contributed by atoms with van der Waals surface area (Å²) in [5.74, 6) is 6.16. The van der Waals surface area contributed by atoms with E-state index < -0.39 is 6.10 Å². The summed E-state index contributed by atoms with van der Waals surface area (Å²) in [6.07, 6.45) is 4.19. The molecule has 2 aromatic heterocycles. The van der Waals surface area contributed by atoms with Gasteiger partial charge in [0.1, 0.15) is 6.33 Å². The molecule has 0 amide bonds. The van der Waals surface area contributed by atoms with Crippen molar-refractivity contribution in [2.45, 2.75) is 6.10 Å². The van der Waals surface area contributed by atoms with Crippen LogP contribution in [0.4, 0.5) is 11.9 Å². The van der Waals surface area contributed by atoms with Crippen molar-refractivity contribution in [2.75, 3.05) is 31.0 Å². The maximum atomic E-state index is 9.58. The first-order valence-corrected chi connectivity index (χ1v) is 5.85. The van der Waals surface area contributed by atoms with E-state index in [1.165, 1.54) is 7.11 Å². The van der Waals surface area contributed by atoms with E-state index >= 15 is 0 Å². The fraction of sp³-hybridized carbons (Fsp3) is 0.400. The minimum Gasteiger partial charge on any atom is -0.389 e. The SMILES string of the molecule is COCC(O)CNc1nc(NN)nc(-n2ccnc2)n1. The lowest BCUT2D eigenvalue weighted by molar-refractivity contribution is 0.0726. The molecule has 10 heteroatoms. The molecule has 0 aliphatic rings. The number of aliphatic hydroxyl groups is 1. The number of ether oxygens (including phenoxy) is 1. The quantitative estimate of drug-likeness (QED) is 0.362. The topological polar surface area (TPSA) is 136 Å². The van der Waals surface area contributed by atoms with Gasteiger partial charge in [0.2, 0.25) is 17.8 Å². The number of anilines is 2. The third-order valence-electron chi connectivity index (χ3n) is 2.34. The summed E-state index contributed by atoms with van der Waals surface area (Å²) in [5, 5.41) is 12.5. The van der Waals surface area contributed by atoms with Crippen LogP contribution in [0.1, 0.15) is 0 Å². The lowest BCUT2D eigenvalue weighted by Gasteiger charge is -2.12. The Morgan fingerprint density at radius 2 is 2.20 bits per heavy atom. The van der Waals surface area contributed by atoms with Gasteiger partial charge in [0.05, 0.1) is 12.7 Å². The summed E-state index contributed by atoms with van der Waals surface area (Å²) < 4.78 is 6.44. The first kappa shape index (κ1) is 14.1. The zero-order valence-corrected chi connectivity index (χ0v) is 10.9. The average molecular weight is 280 g/mol. The van der Waals surface area contributed by atoms with E-state index in [-0.39, 0.29) is 25.0 Å². The van der Waals surface area contributed by atoms with Crippen LogP contribution < -0.4 is 16.6 Å². The van der Waals surface area contributed by atoms with Crippen LogP contribution in [0.5, 0.6) is 0 Å². The zero-order chi connectivity index (χ0) is 14.4. The molecule has 0 aliphatic carbocycles. The van der Waals surface area contributed by atoms with E-state index in [1.54, 1.807) is 23.3 Å². The van der Waals surface area contributed by atoms with Gasteiger partial charge in [-0.1, -0.05) is 0 Å². The van der Waals surface area contributed by atoms with Crippen molar-refractivity contribution in [3.05, 3.63) is 18.7 Å². The number of imidazole rings is 1. The van der Waals surface area contributed by atoms with Gasteiger partial charge in [0.25, 0.3) is 0 Å². The van der Waals surface area contributed by atoms with Gasteiger partial charge in [-0.3, -0.25) is 9.99 Å². The van der Waals surface area contributed by atoms with Gasteiger partial charge in [-0.05, 0) is 0 Å². The highest BCUT2D eigenvalue weighted by Gasteiger charge is 2.09. The van der Waals surface area contributed by atoms with Gasteiger partial charge in [0.15, 0.2) is 0 Å². The lowest BCUT2D eigenvalue weighted by atomic mass is 10.4. The zero-order valence-electron chi connectivity index (χ0n) is 10.9. The Hall–Kier alpha value is -2.30. The molecule has 5 N–H and O–H groups in total. The molecule has 108 valence electrons. The highest BCUT2D eigenvalue weighted by Crippen LogP contribution is 2.08. The molecule has 2 aromatic rings. The minimum absolute atomic E-state index is 0.201. The fourth-order valence-electron chi connectivity index (χ4n) is 1.46. The number of nitrogens with zero attached hydrogens (tertiary/aromatic N) is 5. The minimum atomic E-state index is -0.664. The number of aliphatic hydroxyl groups excluding tert-OH is 1. The molecule has 10 nitrogen and oxygen atoms in total. The second kappa shape index (κ2) is 6.75. The van der Waals surface area contributed by atoms with E-state index in [9.17, 15) is 5.11 Å². The molecule has 0 fully saturated rings. The van der Waals surface area contributed by atoms with E-state index in [0.29, 0.717) is 5.95 Å². The Labute approximate surface area is 115 Å². The number of nitrogen functional groups attached to an aromatic ring is 1. The Morgan fingerprint density at radius 3 is 2.85 bits per heavy atom. The normalized spacial score (nSPS) is 12.2. The Balaban J connectivity index is 2.14. The average Bonchev–Trinajstić information content (AvgIpc) is 2.99. The van der Waals surface area contributed by atoms with Crippen molar-refractivity contribution in [3.8, 4) is 5.95 Å². The number of hydrazine groups is 1. The van der Waals surface area contributed by atoms with Crippen LogP contribution in [-0.4, -0.2) is 56.0 Å². The van der Waals surface area contributed by atoms with Crippen LogP contribution in [0.15, 0.2) is 18.7 Å². The number of nitrogens with one attached hydrogen (secondary N) is 2. The number of nitrogens with two attached hydrogens (primary N) is 1. The van der Waals surface area contributed by atoms with Gasteiger partial charge in [0, 0.05) is 26.0 Å². The van der Waals surface area contributed by atoms with Crippen molar-refractivity contribution in [1.29, 1.82) is 0 Å². The smallest absolute Gasteiger partial charge is 0.243 e. The third-order valence-corrected chi connectivity index (χ3v) is 2.34. The Bertz CT molecular complexity index is 532. The maximum Gasteiger partial charge on any atom is 0.243 e. The van der Waals surface area contributed by atoms with E-state index in [0.717, 1.165) is 0 Å². The van der Waals surface area contributed by atoms with Gasteiger partial charge < -0.3 is 15.2 Å². The van der Waals surface area contributed by atoms with Crippen LogP contribution in [-0.2, 0) is 4.74 Å². The molecule has 2 rings (SSSR count). The summed E-state index contributed by atoms with van der Waals surface area (Å²) in [7, 11) is 1.51. The summed E-state index contributed by atoms with van der Waals surface area (Å²) in [4.78, 5) is 16.2. The second-order valence-corrected chi connectivity index (χ2v) is 3.89. The molecule has 20 heavy (non-hydrogen) atoms. The summed E-state index contributed by atoms with van der Waals surface area (Å²) in [5.41, 5.74) is 2.36. The third kappa shape index (κ3) is 3.60. The molecule has 0 aromatic carbocycles. The molecular formula is C10H16N8O2. The van der Waals surface area contributed by atoms with Crippen molar-refractivity contribution >= 4 is 11.9 Å². The van der Waals surface area contributed by atoms with Crippen molar-refractivity contribution in [3.63, 3.8) is 0 Å². The van der Waals surface area contributed by atoms with Crippen LogP contribution in [0.3, 0.4) is 0 Å². The number of hydrogen-bond donors (Lipinski definition) is 4. The van der Waals surface area contributed by atoms with Crippen molar-refractivity contribution in [2.24, 2.45) is 5.84 Å². The number of methoxy groups -OCH3 is 1. The highest BCUT2D eigenvalue weighted by molar-refractivity contribution is 5.37. The monoisotopic (exact) mass is 280 g/mol. The highest BCUT2D eigenvalue weighted by atomic mass is 16.5. The second-order valence-electron chi connectivity index (χ2n) is 3.89. The van der Waals surface area contributed by atoms with Gasteiger partial charge in [-0.2, -0.15) is 15.0 Å². The Morgan fingerprint density at radius 1 is 1.40 bits per heavy atom. The molecule has 1 unspecified atom stereocenters. The van der Waals surface area contributed by atoms with Gasteiger partial charge in [-0.15, -0.1) is 0 Å². The van der Waals surface area contributed by atoms with E-state index in [4.69, 9.17) is 10.6 Å². The largest absolute Gasteiger partial charge is 0.389 e. The fourth-order valence-corrected chi connectivity index (χ4v) is 1.46. The van der Waals surface area contributed by atoms with Crippen molar-refractivity contribution in [1.82, 2.24) is 24.5 Å². The van der Waals surface area contributed by atoms with Gasteiger partial charge >= 0.3 is 0 Å². The van der Waals surface area contributed by atoms with Crippen LogP contribution in [0.2, 0.25) is 0 Å². The molecule has 0 radical (unpaired) electrons. The number of hydrogen-bond acceptors (Lipinski definition) is 9. The summed E-state index contributed by atoms with van der Waals surface area (Å²) in [6, 6.07) is 0. The molecule has 0 saturated heterocycles. The summed E-state index contributed by atoms with van der Waals surface area (Å²) in [6.45, 7) is 0.458. The Kier molecular flexibility index (Phi) is 4.76. The van der Waals surface area contributed by atoms with E-state index in [2.05, 4.69) is 30.7 Å². The molecule has 1 atom stereocenters. The predicted molar refractivity (Wildman–Crippen MR) is 71.1 cm³/mol. The van der Waals surface area contributed by atoms with Crippen molar-refractivity contribution < 1.29 is 9.84 Å². The predicted octanol–water partition coefficient (Wildman–Crippen LogP) is -1.24. The molecule has 0 spiro atoms. The van der Waals surface area contributed by atoms with Gasteiger partial charge in [-0.25, -0.2) is 10.8 Å². The number of aromatic nitrogens is 5. The molecule has 0 aliphatic heterocycles. The first-order chi connectivity index (χ1) is 9.72.